The van der Waals surface area contributed by atoms with Crippen LogP contribution in [0.25, 0.3) is 0 Å². The van der Waals surface area contributed by atoms with Gasteiger partial charge < -0.3 is 24.6 Å². The molecule has 1 aromatic carbocycles. The van der Waals surface area contributed by atoms with Gasteiger partial charge in [-0.05, 0) is 24.3 Å². The Morgan fingerprint density at radius 2 is 1.69 bits per heavy atom. The van der Waals surface area contributed by atoms with Crippen molar-refractivity contribution in [1.29, 1.82) is 0 Å². The van der Waals surface area contributed by atoms with Crippen LogP contribution >= 0.6 is 0 Å². The Hall–Kier alpha value is -2.28. The van der Waals surface area contributed by atoms with E-state index in [1.54, 1.807) is 9.80 Å². The zero-order valence-electron chi connectivity index (χ0n) is 15.1. The van der Waals surface area contributed by atoms with Crippen LogP contribution in [-0.2, 0) is 16.1 Å². The smallest absolute Gasteiger partial charge is 0.410 e. The number of urea groups is 1. The molecule has 0 bridgehead atoms. The predicted octanol–water partition coefficient (Wildman–Crippen LogP) is 2.08. The summed E-state index contributed by atoms with van der Waals surface area (Å²) >= 11 is 0. The van der Waals surface area contributed by atoms with Gasteiger partial charge in [0.15, 0.2) is 0 Å². The Kier molecular flexibility index (Phi) is 6.71. The molecule has 0 unspecified atom stereocenters. The van der Waals surface area contributed by atoms with E-state index in [4.69, 9.17) is 9.47 Å². The van der Waals surface area contributed by atoms with E-state index in [1.165, 1.54) is 0 Å². The molecule has 0 aliphatic carbocycles. The van der Waals surface area contributed by atoms with Gasteiger partial charge in [0.25, 0.3) is 0 Å². The van der Waals surface area contributed by atoms with Crippen molar-refractivity contribution in [2.45, 2.75) is 19.4 Å². The summed E-state index contributed by atoms with van der Waals surface area (Å²) in [6, 6.07) is 9.57. The van der Waals surface area contributed by atoms with Crippen LogP contribution in [0.2, 0.25) is 0 Å². The lowest BCUT2D eigenvalue weighted by Gasteiger charge is -2.34. The second-order valence-corrected chi connectivity index (χ2v) is 6.76. The Labute approximate surface area is 154 Å². The molecular formula is C19H27N3O4. The zero-order chi connectivity index (χ0) is 18.2. The molecule has 3 rings (SSSR count). The van der Waals surface area contributed by atoms with Gasteiger partial charge in [-0.3, -0.25) is 0 Å². The molecule has 1 N–H and O–H groups in total. The van der Waals surface area contributed by atoms with E-state index in [9.17, 15) is 9.59 Å². The molecule has 2 saturated heterocycles. The maximum absolute atomic E-state index is 12.3. The molecule has 0 radical (unpaired) electrons. The fourth-order valence-corrected chi connectivity index (χ4v) is 3.20. The van der Waals surface area contributed by atoms with Gasteiger partial charge in [0.1, 0.15) is 6.61 Å². The van der Waals surface area contributed by atoms with E-state index in [-0.39, 0.29) is 18.7 Å². The number of amides is 3. The lowest BCUT2D eigenvalue weighted by molar-refractivity contribution is 0.0649. The molecule has 1 aromatic rings. The number of ether oxygens (including phenoxy) is 2. The quantitative estimate of drug-likeness (QED) is 0.891. The van der Waals surface area contributed by atoms with Crippen LogP contribution in [-0.4, -0.2) is 67.9 Å². The average Bonchev–Trinajstić information content (AvgIpc) is 2.72. The molecule has 2 fully saturated rings. The highest BCUT2D eigenvalue weighted by atomic mass is 16.6. The minimum atomic E-state index is -0.323. The normalized spacial score (nSPS) is 18.5. The van der Waals surface area contributed by atoms with Gasteiger partial charge in [0.2, 0.25) is 0 Å². The summed E-state index contributed by atoms with van der Waals surface area (Å²) in [6.45, 7) is 4.58. The van der Waals surface area contributed by atoms with Crippen molar-refractivity contribution in [3.8, 4) is 0 Å². The van der Waals surface area contributed by atoms with E-state index in [0.29, 0.717) is 38.6 Å². The van der Waals surface area contributed by atoms with Crippen molar-refractivity contribution >= 4 is 12.1 Å². The van der Waals surface area contributed by atoms with E-state index in [0.717, 1.165) is 31.6 Å². The lowest BCUT2D eigenvalue weighted by Crippen LogP contribution is -2.53. The number of piperazine rings is 1. The van der Waals surface area contributed by atoms with Crippen molar-refractivity contribution in [3.63, 3.8) is 0 Å². The molecule has 142 valence electrons. The van der Waals surface area contributed by atoms with Crippen molar-refractivity contribution < 1.29 is 19.1 Å². The second-order valence-electron chi connectivity index (χ2n) is 6.76. The Balaban J connectivity index is 1.35. The maximum Gasteiger partial charge on any atom is 0.410 e. The van der Waals surface area contributed by atoms with Crippen molar-refractivity contribution in [2.75, 3.05) is 45.9 Å². The first-order chi connectivity index (χ1) is 12.7. The van der Waals surface area contributed by atoms with Crippen LogP contribution < -0.4 is 5.32 Å². The van der Waals surface area contributed by atoms with Gasteiger partial charge >= 0.3 is 12.1 Å². The number of hydrogen-bond donors (Lipinski definition) is 1. The van der Waals surface area contributed by atoms with E-state index in [1.807, 2.05) is 30.3 Å². The third kappa shape index (κ3) is 5.36. The van der Waals surface area contributed by atoms with Crippen LogP contribution in [0.15, 0.2) is 30.3 Å². The summed E-state index contributed by atoms with van der Waals surface area (Å²) in [7, 11) is 0. The molecule has 7 heteroatoms. The molecule has 0 aromatic heterocycles. The van der Waals surface area contributed by atoms with Crippen LogP contribution in [0.3, 0.4) is 0 Å². The van der Waals surface area contributed by atoms with Gasteiger partial charge in [-0.2, -0.15) is 0 Å². The molecule has 0 saturated carbocycles. The number of rotatable bonds is 4. The number of hydrogen-bond acceptors (Lipinski definition) is 4. The number of benzene rings is 1. The fourth-order valence-electron chi connectivity index (χ4n) is 3.20. The fraction of sp³-hybridized carbons (Fsp3) is 0.579. The summed E-state index contributed by atoms with van der Waals surface area (Å²) in [4.78, 5) is 27.9. The minimum absolute atomic E-state index is 0.0474. The molecule has 3 amide bonds. The van der Waals surface area contributed by atoms with E-state index in [2.05, 4.69) is 5.32 Å². The van der Waals surface area contributed by atoms with Gasteiger partial charge in [-0.25, -0.2) is 9.59 Å². The summed E-state index contributed by atoms with van der Waals surface area (Å²) in [6.07, 6.45) is 1.68. The van der Waals surface area contributed by atoms with Crippen molar-refractivity contribution in [2.24, 2.45) is 5.92 Å². The highest BCUT2D eigenvalue weighted by Gasteiger charge is 2.25. The second kappa shape index (κ2) is 9.43. The van der Waals surface area contributed by atoms with Crippen LogP contribution in [0.5, 0.6) is 0 Å². The Morgan fingerprint density at radius 1 is 1.04 bits per heavy atom. The summed E-state index contributed by atoms with van der Waals surface area (Å²) in [5.41, 5.74) is 0.965. The summed E-state index contributed by atoms with van der Waals surface area (Å²) < 4.78 is 10.7. The SMILES string of the molecule is O=C(NCC1CCOCC1)N1CCN(C(=O)OCc2ccccc2)CC1. The molecule has 2 aliphatic heterocycles. The van der Waals surface area contributed by atoms with Gasteiger partial charge in [-0.1, -0.05) is 30.3 Å². The van der Waals surface area contributed by atoms with Crippen LogP contribution in [0, 0.1) is 5.92 Å². The van der Waals surface area contributed by atoms with Crippen LogP contribution in [0.1, 0.15) is 18.4 Å². The van der Waals surface area contributed by atoms with E-state index < -0.39 is 0 Å². The van der Waals surface area contributed by atoms with Crippen molar-refractivity contribution in [3.05, 3.63) is 35.9 Å². The average molecular weight is 361 g/mol. The first-order valence-electron chi connectivity index (χ1n) is 9.28. The van der Waals surface area contributed by atoms with Crippen molar-refractivity contribution in [1.82, 2.24) is 15.1 Å². The number of nitrogens with one attached hydrogen (secondary N) is 1. The lowest BCUT2D eigenvalue weighted by atomic mass is 10.0. The Morgan fingerprint density at radius 3 is 2.38 bits per heavy atom. The minimum Gasteiger partial charge on any atom is -0.445 e. The maximum atomic E-state index is 12.3. The zero-order valence-corrected chi connectivity index (χ0v) is 15.1. The molecule has 26 heavy (non-hydrogen) atoms. The highest BCUT2D eigenvalue weighted by molar-refractivity contribution is 5.75. The third-order valence-corrected chi connectivity index (χ3v) is 4.91. The van der Waals surface area contributed by atoms with E-state index >= 15 is 0 Å². The third-order valence-electron chi connectivity index (χ3n) is 4.91. The van der Waals surface area contributed by atoms with Gasteiger partial charge in [-0.15, -0.1) is 0 Å². The Bertz CT molecular complexity index is 582. The highest BCUT2D eigenvalue weighted by Crippen LogP contribution is 2.13. The monoisotopic (exact) mass is 361 g/mol. The number of carbonyl (C=O) groups excluding carboxylic acids is 2. The largest absolute Gasteiger partial charge is 0.445 e. The molecule has 2 aliphatic rings. The molecule has 7 nitrogen and oxygen atoms in total. The topological polar surface area (TPSA) is 71.1 Å². The molecular weight excluding hydrogens is 334 g/mol. The molecule has 2 heterocycles. The summed E-state index contributed by atoms with van der Waals surface area (Å²) in [5, 5.41) is 3.01. The number of carbonyl (C=O) groups is 2. The van der Waals surface area contributed by atoms with Crippen LogP contribution in [0.4, 0.5) is 9.59 Å². The number of nitrogens with zero attached hydrogens (tertiary/aromatic N) is 2. The standard InChI is InChI=1S/C19H27N3O4/c23-18(20-14-16-6-12-25-13-7-16)21-8-10-22(11-9-21)19(24)26-15-17-4-2-1-3-5-17/h1-5,16H,6-15H2,(H,20,23). The molecule has 0 atom stereocenters. The first-order valence-corrected chi connectivity index (χ1v) is 9.28. The summed E-state index contributed by atoms with van der Waals surface area (Å²) in [5.74, 6) is 0.502. The van der Waals surface area contributed by atoms with Gasteiger partial charge in [0, 0.05) is 45.9 Å². The molecule has 0 spiro atoms. The first kappa shape index (κ1) is 18.5. The van der Waals surface area contributed by atoms with Gasteiger partial charge in [0.05, 0.1) is 0 Å². The predicted molar refractivity (Wildman–Crippen MR) is 96.7 cm³/mol.